The first-order valence-corrected chi connectivity index (χ1v) is 7.64. The Morgan fingerprint density at radius 2 is 2.04 bits per heavy atom. The maximum atomic E-state index is 14.3. The number of nitrogens with zero attached hydrogens (tertiary/aromatic N) is 2. The second kappa shape index (κ2) is 5.73. The van der Waals surface area contributed by atoms with Gasteiger partial charge in [-0.25, -0.2) is 14.4 Å². The number of rotatable bonds is 3. The van der Waals surface area contributed by atoms with Crippen molar-refractivity contribution in [2.45, 2.75) is 37.8 Å². The molecule has 1 N–H and O–H groups in total. The monoisotopic (exact) mass is 340 g/mol. The lowest BCUT2D eigenvalue weighted by Crippen LogP contribution is -2.50. The molecule has 0 aromatic heterocycles. The maximum absolute atomic E-state index is 14.3. The number of amidine groups is 1. The molecule has 7 heteroatoms. The molecule has 0 amide bonds. The number of aliphatic imine (C=N–C) groups is 1. The van der Waals surface area contributed by atoms with Gasteiger partial charge in [-0.1, -0.05) is 25.8 Å². The average molecular weight is 340 g/mol. The Hall–Kier alpha value is -2.15. The topological polar surface area (TPSA) is 35.8 Å². The largest absolute Gasteiger partial charge is 0.402 e. The summed E-state index contributed by atoms with van der Waals surface area (Å²) in [5.41, 5.74) is -2.75. The number of halogens is 4. The Labute approximate surface area is 136 Å². The molecule has 3 rings (SSSR count). The minimum absolute atomic E-state index is 0.0197. The molecule has 3 nitrogen and oxygen atoms in total. The quantitative estimate of drug-likeness (QED) is 0.786. The van der Waals surface area contributed by atoms with Gasteiger partial charge in [0.15, 0.2) is 5.84 Å². The van der Waals surface area contributed by atoms with E-state index in [0.29, 0.717) is 17.9 Å². The Morgan fingerprint density at radius 1 is 1.29 bits per heavy atom. The molecule has 0 saturated heterocycles. The van der Waals surface area contributed by atoms with Crippen LogP contribution in [0.5, 0.6) is 0 Å². The van der Waals surface area contributed by atoms with Crippen LogP contribution in [0, 0.1) is 5.82 Å². The molecule has 2 aliphatic heterocycles. The van der Waals surface area contributed by atoms with Crippen LogP contribution in [0.15, 0.2) is 47.1 Å². The van der Waals surface area contributed by atoms with Gasteiger partial charge in [-0.3, -0.25) is 5.21 Å². The summed E-state index contributed by atoms with van der Waals surface area (Å²) in [6, 6.07) is 3.19. The number of allylic oxidation sites excluding steroid dienone is 2. The first kappa shape index (κ1) is 16.7. The highest BCUT2D eigenvalue weighted by Crippen LogP contribution is 2.55. The lowest BCUT2D eigenvalue weighted by molar-refractivity contribution is -0.181. The van der Waals surface area contributed by atoms with Crippen molar-refractivity contribution in [2.24, 2.45) is 4.99 Å². The molecule has 0 radical (unpaired) electrons. The third-order valence-electron chi connectivity index (χ3n) is 4.44. The predicted molar refractivity (Wildman–Crippen MR) is 81.6 cm³/mol. The van der Waals surface area contributed by atoms with Gasteiger partial charge in [0.2, 0.25) is 0 Å². The number of fused-ring (bicyclic) bond motifs is 2. The fourth-order valence-corrected chi connectivity index (χ4v) is 3.30. The van der Waals surface area contributed by atoms with Crippen LogP contribution >= 0.6 is 0 Å². The lowest BCUT2D eigenvalue weighted by Gasteiger charge is -2.43. The zero-order chi connectivity index (χ0) is 17.5. The molecule has 2 heterocycles. The molecular weight excluding hydrogens is 324 g/mol. The van der Waals surface area contributed by atoms with Crippen molar-refractivity contribution in [3.05, 3.63) is 53.5 Å². The van der Waals surface area contributed by atoms with Crippen molar-refractivity contribution in [1.82, 2.24) is 5.06 Å². The minimum Gasteiger partial charge on any atom is -0.283 e. The summed E-state index contributed by atoms with van der Waals surface area (Å²) in [5.74, 6) is -0.921. The van der Waals surface area contributed by atoms with Crippen LogP contribution in [0.3, 0.4) is 0 Å². The molecular formula is C17H16F4N2O. The predicted octanol–water partition coefficient (Wildman–Crippen LogP) is 5.00. The van der Waals surface area contributed by atoms with Crippen LogP contribution < -0.4 is 0 Å². The molecule has 128 valence electrons. The first-order chi connectivity index (χ1) is 11.3. The fraction of sp³-hybridized carbons (Fsp3) is 0.353. The van der Waals surface area contributed by atoms with Crippen molar-refractivity contribution in [1.29, 1.82) is 0 Å². The van der Waals surface area contributed by atoms with Gasteiger partial charge in [-0.2, -0.15) is 13.2 Å². The van der Waals surface area contributed by atoms with Gasteiger partial charge in [0.1, 0.15) is 11.2 Å². The van der Waals surface area contributed by atoms with E-state index in [2.05, 4.69) is 4.99 Å². The average Bonchev–Trinajstić information content (AvgIpc) is 2.51. The van der Waals surface area contributed by atoms with E-state index >= 15 is 0 Å². The molecule has 0 fully saturated rings. The van der Waals surface area contributed by atoms with Crippen molar-refractivity contribution >= 4 is 11.5 Å². The summed E-state index contributed by atoms with van der Waals surface area (Å²) in [6.07, 6.45) is -0.207. The summed E-state index contributed by atoms with van der Waals surface area (Å²) in [4.78, 5) is 4.11. The third-order valence-corrected chi connectivity index (χ3v) is 4.44. The minimum atomic E-state index is -4.66. The van der Waals surface area contributed by atoms with E-state index < -0.39 is 17.4 Å². The molecule has 2 aliphatic rings. The van der Waals surface area contributed by atoms with Gasteiger partial charge in [0, 0.05) is 17.3 Å². The molecule has 24 heavy (non-hydrogen) atoms. The van der Waals surface area contributed by atoms with Gasteiger partial charge in [-0.15, -0.1) is 0 Å². The summed E-state index contributed by atoms with van der Waals surface area (Å²) in [6.45, 7) is 1.79. The van der Waals surface area contributed by atoms with Crippen molar-refractivity contribution in [3.8, 4) is 0 Å². The summed E-state index contributed by atoms with van der Waals surface area (Å²) < 4.78 is 56.6. The number of hydroxylamine groups is 2. The van der Waals surface area contributed by atoms with E-state index in [9.17, 15) is 22.8 Å². The molecule has 1 atom stereocenters. The Bertz CT molecular complexity index is 751. The number of hydrogen-bond acceptors (Lipinski definition) is 3. The van der Waals surface area contributed by atoms with E-state index in [1.54, 1.807) is 6.92 Å². The normalized spacial score (nSPS) is 22.7. The van der Waals surface area contributed by atoms with Crippen LogP contribution in [0.1, 0.15) is 31.7 Å². The fourth-order valence-electron chi connectivity index (χ4n) is 3.30. The molecule has 0 saturated carbocycles. The van der Waals surface area contributed by atoms with Crippen molar-refractivity contribution in [2.75, 3.05) is 0 Å². The number of hydrogen-bond donors (Lipinski definition) is 1. The standard InChI is InChI=1S/C17H16F4N2O/c1-2-3-8-16(17(19,20)21)12-5-4-9-23(24)15(12)22-14-7-6-11(18)10-13(14)16/h4-7,9-10,24H,2-3,8H2,1H3. The van der Waals surface area contributed by atoms with Crippen molar-refractivity contribution in [3.63, 3.8) is 0 Å². The van der Waals surface area contributed by atoms with Gasteiger partial charge in [-0.05, 0) is 30.7 Å². The molecule has 0 spiro atoms. The van der Waals surface area contributed by atoms with E-state index in [4.69, 9.17) is 0 Å². The van der Waals surface area contributed by atoms with Crippen LogP contribution in [-0.2, 0) is 5.41 Å². The van der Waals surface area contributed by atoms with Crippen LogP contribution in [0.4, 0.5) is 23.2 Å². The first-order valence-electron chi connectivity index (χ1n) is 7.64. The SMILES string of the molecule is CCCCC1(C(F)(F)F)C2=CC=CN(O)C2=Nc2ccc(F)cc21. The third kappa shape index (κ3) is 2.34. The number of unbranched alkanes of at least 4 members (excludes halogenated alkanes) is 1. The van der Waals surface area contributed by atoms with Crippen LogP contribution in [0.2, 0.25) is 0 Å². The Kier molecular flexibility index (Phi) is 3.99. The van der Waals surface area contributed by atoms with E-state index in [0.717, 1.165) is 12.1 Å². The smallest absolute Gasteiger partial charge is 0.283 e. The molecule has 1 aromatic rings. The highest BCUT2D eigenvalue weighted by Gasteiger charge is 2.61. The van der Waals surface area contributed by atoms with Crippen LogP contribution in [0.25, 0.3) is 0 Å². The molecule has 1 unspecified atom stereocenters. The molecule has 0 bridgehead atoms. The van der Waals surface area contributed by atoms with E-state index in [-0.39, 0.29) is 29.1 Å². The second-order valence-electron chi connectivity index (χ2n) is 5.87. The summed E-state index contributed by atoms with van der Waals surface area (Å²) >= 11 is 0. The second-order valence-corrected chi connectivity index (χ2v) is 5.87. The van der Waals surface area contributed by atoms with Crippen molar-refractivity contribution < 1.29 is 22.8 Å². The number of alkyl halides is 3. The van der Waals surface area contributed by atoms with E-state index in [1.165, 1.54) is 24.4 Å². The maximum Gasteiger partial charge on any atom is 0.402 e. The summed E-state index contributed by atoms with van der Waals surface area (Å²) in [5, 5.41) is 10.5. The highest BCUT2D eigenvalue weighted by molar-refractivity contribution is 6.05. The van der Waals surface area contributed by atoms with E-state index in [1.807, 2.05) is 0 Å². The van der Waals surface area contributed by atoms with Gasteiger partial charge >= 0.3 is 6.18 Å². The zero-order valence-electron chi connectivity index (χ0n) is 12.9. The van der Waals surface area contributed by atoms with Gasteiger partial charge in [0.05, 0.1) is 5.69 Å². The van der Waals surface area contributed by atoms with Gasteiger partial charge < -0.3 is 0 Å². The lowest BCUT2D eigenvalue weighted by atomic mass is 9.67. The van der Waals surface area contributed by atoms with Gasteiger partial charge in [0.25, 0.3) is 0 Å². The Morgan fingerprint density at radius 3 is 2.71 bits per heavy atom. The zero-order valence-corrected chi connectivity index (χ0v) is 12.9. The molecule has 0 aliphatic carbocycles. The Balaban J connectivity index is 2.35. The summed E-state index contributed by atoms with van der Waals surface area (Å²) in [7, 11) is 0. The molecule has 1 aromatic carbocycles. The highest BCUT2D eigenvalue weighted by atomic mass is 19.4. The van der Waals surface area contributed by atoms with Crippen LogP contribution in [-0.4, -0.2) is 22.3 Å². The number of benzene rings is 1.